The lowest BCUT2D eigenvalue weighted by molar-refractivity contribution is -0.414. The van der Waals surface area contributed by atoms with Crippen molar-refractivity contribution in [3.8, 4) is 0 Å². The molecule has 0 fully saturated rings. The topological polar surface area (TPSA) is 60.1 Å². The molecule has 0 atom stereocenters. The number of ketones is 2. The molecule has 0 bridgehead atoms. The first kappa shape index (κ1) is 20.5. The van der Waals surface area contributed by atoms with Crippen LogP contribution in [0.15, 0.2) is 54.6 Å². The largest absolute Gasteiger partial charge is 1.00 e. The van der Waals surface area contributed by atoms with Gasteiger partial charge < -0.3 is 12.4 Å². The van der Waals surface area contributed by atoms with Crippen LogP contribution in [0.2, 0.25) is 0 Å². The molecule has 2 rings (SSSR count). The summed E-state index contributed by atoms with van der Waals surface area (Å²) in [7, 11) is 1.82. The number of carbonyl (C=O) groups excluding carboxylic acids is 2. The van der Waals surface area contributed by atoms with Crippen molar-refractivity contribution in [3.05, 3.63) is 65.7 Å². The maximum Gasteiger partial charge on any atom is 0.234 e. The van der Waals surface area contributed by atoms with Crippen molar-refractivity contribution < 1.29 is 27.0 Å². The van der Waals surface area contributed by atoms with E-state index in [1.165, 1.54) is 0 Å². The van der Waals surface area contributed by atoms with E-state index >= 15 is 0 Å². The minimum atomic E-state index is 0. The number of benzene rings is 2. The molecule has 0 saturated heterocycles. The van der Waals surface area contributed by atoms with Gasteiger partial charge >= 0.3 is 0 Å². The smallest absolute Gasteiger partial charge is 0.234 e. The minimum Gasteiger partial charge on any atom is -1.00 e. The van der Waals surface area contributed by atoms with E-state index in [0.29, 0.717) is 0 Å². The van der Waals surface area contributed by atoms with Gasteiger partial charge in [0, 0.05) is 11.1 Å². The number of carbonyl (C=O) groups is 2. The van der Waals surface area contributed by atoms with E-state index < -0.39 is 0 Å². The zero-order valence-electron chi connectivity index (χ0n) is 13.5. The molecule has 2 N–H and O–H groups in total. The van der Waals surface area contributed by atoms with Crippen LogP contribution in [-0.2, 0) is 0 Å². The average Bonchev–Trinajstić information content (AvgIpc) is 2.54. The zero-order valence-corrected chi connectivity index (χ0v) is 14.2. The quantitative estimate of drug-likeness (QED) is 0.426. The highest BCUT2D eigenvalue weighted by atomic mass is 35.5. The molecule has 0 aliphatic rings. The highest BCUT2D eigenvalue weighted by molar-refractivity contribution is 5.94. The molecule has 0 heterocycles. The molecular formula is C18H21ClN2O2. The fraction of sp³-hybridized carbons (Fsp3) is 0.167. The van der Waals surface area contributed by atoms with Gasteiger partial charge in [0.15, 0.2) is 11.6 Å². The molecule has 0 aliphatic heterocycles. The first-order chi connectivity index (χ1) is 10.5. The number of anilines is 1. The molecule has 0 radical (unpaired) electrons. The SMILES string of the molecule is CC(=O)c1ccccc1.C[NH+]=CNc1ccc(C(C)=O)cc1.[Cl-]. The van der Waals surface area contributed by atoms with E-state index in [9.17, 15) is 9.59 Å². The fourth-order valence-corrected chi connectivity index (χ4v) is 1.63. The number of hydrogen-bond acceptors (Lipinski definition) is 2. The Hall–Kier alpha value is -2.46. The van der Waals surface area contributed by atoms with Gasteiger partial charge in [-0.2, -0.15) is 0 Å². The molecule has 2 aromatic carbocycles. The van der Waals surface area contributed by atoms with Gasteiger partial charge in [0.05, 0.1) is 7.05 Å². The monoisotopic (exact) mass is 332 g/mol. The highest BCUT2D eigenvalue weighted by Crippen LogP contribution is 2.08. The first-order valence-corrected chi connectivity index (χ1v) is 6.97. The van der Waals surface area contributed by atoms with E-state index in [1.807, 2.05) is 49.5 Å². The van der Waals surface area contributed by atoms with Crippen LogP contribution in [0, 0.1) is 0 Å². The summed E-state index contributed by atoms with van der Waals surface area (Å²) in [6, 6.07) is 16.6. The Labute approximate surface area is 143 Å². The predicted octanol–water partition coefficient (Wildman–Crippen LogP) is -1.07. The van der Waals surface area contributed by atoms with Crippen LogP contribution in [0.4, 0.5) is 5.69 Å². The lowest BCUT2D eigenvalue weighted by Gasteiger charge is -1.95. The van der Waals surface area contributed by atoms with Crippen molar-refractivity contribution in [1.82, 2.24) is 0 Å². The highest BCUT2D eigenvalue weighted by Gasteiger charge is 1.99. The molecular weight excluding hydrogens is 312 g/mol. The van der Waals surface area contributed by atoms with E-state index in [4.69, 9.17) is 0 Å². The Balaban J connectivity index is 0.000000427. The molecule has 0 unspecified atom stereocenters. The summed E-state index contributed by atoms with van der Waals surface area (Å²) >= 11 is 0. The molecule has 4 nitrogen and oxygen atoms in total. The van der Waals surface area contributed by atoms with E-state index in [1.54, 1.807) is 32.3 Å². The summed E-state index contributed by atoms with van der Waals surface area (Å²) in [5.74, 6) is 0.208. The van der Waals surface area contributed by atoms with Gasteiger partial charge in [-0.15, -0.1) is 0 Å². The summed E-state index contributed by atoms with van der Waals surface area (Å²) in [6.07, 6.45) is 1.72. The normalized spacial score (nSPS) is 9.35. The number of Topliss-reactive ketones (excluding diaryl/α,β-unsaturated/α-hetero) is 2. The van der Waals surface area contributed by atoms with Gasteiger partial charge in [0.1, 0.15) is 5.69 Å². The zero-order chi connectivity index (χ0) is 16.4. The molecule has 0 saturated carbocycles. The second-order valence-corrected chi connectivity index (χ2v) is 4.63. The fourth-order valence-electron chi connectivity index (χ4n) is 1.63. The Kier molecular flexibility index (Phi) is 9.96. The molecule has 122 valence electrons. The van der Waals surface area contributed by atoms with Crippen molar-refractivity contribution in [1.29, 1.82) is 0 Å². The second kappa shape index (κ2) is 11.2. The van der Waals surface area contributed by atoms with Crippen LogP contribution in [0.1, 0.15) is 34.6 Å². The van der Waals surface area contributed by atoms with E-state index in [2.05, 4.69) is 10.3 Å². The Morgan fingerprint density at radius 3 is 1.74 bits per heavy atom. The number of halogens is 1. The van der Waals surface area contributed by atoms with Crippen LogP contribution in [0.25, 0.3) is 0 Å². The van der Waals surface area contributed by atoms with Gasteiger partial charge in [-0.1, -0.05) is 30.3 Å². The van der Waals surface area contributed by atoms with Gasteiger partial charge in [-0.25, -0.2) is 5.32 Å². The number of rotatable bonds is 4. The van der Waals surface area contributed by atoms with Gasteiger partial charge in [0.2, 0.25) is 6.34 Å². The molecule has 0 spiro atoms. The predicted molar refractivity (Wildman–Crippen MR) is 89.5 cm³/mol. The summed E-state index contributed by atoms with van der Waals surface area (Å²) in [6.45, 7) is 3.12. The lowest BCUT2D eigenvalue weighted by Crippen LogP contribution is -3.00. The molecule has 0 aromatic heterocycles. The van der Waals surface area contributed by atoms with Crippen LogP contribution in [-0.4, -0.2) is 25.0 Å². The van der Waals surface area contributed by atoms with E-state index in [0.717, 1.165) is 16.8 Å². The van der Waals surface area contributed by atoms with Crippen LogP contribution >= 0.6 is 0 Å². The number of nitrogens with one attached hydrogen (secondary N) is 2. The molecule has 0 aliphatic carbocycles. The maximum atomic E-state index is 10.9. The van der Waals surface area contributed by atoms with Crippen molar-refractivity contribution in [3.63, 3.8) is 0 Å². The van der Waals surface area contributed by atoms with Gasteiger partial charge in [-0.05, 0) is 38.1 Å². The van der Waals surface area contributed by atoms with Crippen LogP contribution in [0.3, 0.4) is 0 Å². The summed E-state index contributed by atoms with van der Waals surface area (Å²) in [5.41, 5.74) is 2.46. The van der Waals surface area contributed by atoms with E-state index in [-0.39, 0.29) is 24.0 Å². The molecule has 2 aromatic rings. The van der Waals surface area contributed by atoms with Crippen molar-refractivity contribution >= 4 is 23.6 Å². The third-order valence-corrected chi connectivity index (χ3v) is 2.85. The number of hydrogen-bond donors (Lipinski definition) is 2. The summed E-state index contributed by atoms with van der Waals surface area (Å²) in [4.78, 5) is 24.4. The van der Waals surface area contributed by atoms with Crippen molar-refractivity contribution in [2.24, 2.45) is 0 Å². The second-order valence-electron chi connectivity index (χ2n) is 4.63. The Morgan fingerprint density at radius 1 is 0.870 bits per heavy atom. The Morgan fingerprint density at radius 2 is 1.35 bits per heavy atom. The third kappa shape index (κ3) is 7.93. The van der Waals surface area contributed by atoms with Gasteiger partial charge in [-0.3, -0.25) is 14.6 Å². The lowest BCUT2D eigenvalue weighted by atomic mass is 10.1. The average molecular weight is 333 g/mol. The molecule has 5 heteroatoms. The summed E-state index contributed by atoms with van der Waals surface area (Å²) < 4.78 is 0. The minimum absolute atomic E-state index is 0. The van der Waals surface area contributed by atoms with Crippen molar-refractivity contribution in [2.45, 2.75) is 13.8 Å². The first-order valence-electron chi connectivity index (χ1n) is 6.97. The standard InChI is InChI=1S/C10H12N2O.C8H8O.ClH/c1-8(13)9-3-5-10(6-4-9)12-7-11-2;1-7(9)8-5-3-2-4-6-8;/h3-7H,1-2H3,(H,11,12);2-6H,1H3;1H. The summed E-state index contributed by atoms with van der Waals surface area (Å²) in [5, 5.41) is 3.01. The van der Waals surface area contributed by atoms with Crippen LogP contribution < -0.4 is 22.7 Å². The van der Waals surface area contributed by atoms with Gasteiger partial charge in [0.25, 0.3) is 0 Å². The Bertz CT molecular complexity index is 638. The third-order valence-electron chi connectivity index (χ3n) is 2.85. The maximum absolute atomic E-state index is 10.9. The van der Waals surface area contributed by atoms with Crippen molar-refractivity contribution in [2.75, 3.05) is 12.4 Å². The van der Waals surface area contributed by atoms with Crippen LogP contribution in [0.5, 0.6) is 0 Å². The molecule has 0 amide bonds. The molecule has 23 heavy (non-hydrogen) atoms.